The maximum absolute atomic E-state index is 10.3. The molecule has 1 aromatic heterocycles. The quantitative estimate of drug-likeness (QED) is 0.495. The zero-order valence-electron chi connectivity index (χ0n) is 17.6. The molecule has 1 aliphatic heterocycles. The number of hydrogen-bond donors (Lipinski definition) is 1. The summed E-state index contributed by atoms with van der Waals surface area (Å²) in [6, 6.07) is 15.0. The standard InChI is InChI=1S/C23H27N3O3S2/c1-2-31-21(19-5-3-4-6-20(19)27)23-25-24-22(29-23)17-7-9-18(10-8-17)28-14-11-26-12-15-30-16-13-26/h3-10,21,27H,2,11-16H2,1H3. The highest BCUT2D eigenvalue weighted by Crippen LogP contribution is 2.39. The molecule has 8 heteroatoms. The molecule has 0 saturated carbocycles. The molecule has 0 amide bonds. The number of nitrogens with zero attached hydrogens (tertiary/aromatic N) is 3. The molecule has 0 spiro atoms. The van der Waals surface area contributed by atoms with E-state index in [0.29, 0.717) is 18.4 Å². The Labute approximate surface area is 191 Å². The predicted molar refractivity (Wildman–Crippen MR) is 127 cm³/mol. The van der Waals surface area contributed by atoms with Gasteiger partial charge < -0.3 is 14.3 Å². The zero-order valence-corrected chi connectivity index (χ0v) is 19.2. The van der Waals surface area contributed by atoms with Crippen LogP contribution in [0.3, 0.4) is 0 Å². The summed E-state index contributed by atoms with van der Waals surface area (Å²) in [5.41, 5.74) is 1.62. The summed E-state index contributed by atoms with van der Waals surface area (Å²) in [5, 5.41) is 18.6. The highest BCUT2D eigenvalue weighted by molar-refractivity contribution is 7.99. The van der Waals surface area contributed by atoms with Crippen molar-refractivity contribution in [2.45, 2.75) is 12.2 Å². The van der Waals surface area contributed by atoms with E-state index >= 15 is 0 Å². The minimum Gasteiger partial charge on any atom is -0.508 e. The fraction of sp³-hybridized carbons (Fsp3) is 0.391. The molecule has 2 heterocycles. The van der Waals surface area contributed by atoms with Crippen molar-refractivity contribution in [3.8, 4) is 23.0 Å². The first-order valence-electron chi connectivity index (χ1n) is 10.5. The molecule has 2 aromatic carbocycles. The van der Waals surface area contributed by atoms with Gasteiger partial charge in [0.05, 0.1) is 0 Å². The van der Waals surface area contributed by atoms with E-state index in [9.17, 15) is 5.11 Å². The van der Waals surface area contributed by atoms with Crippen LogP contribution < -0.4 is 4.74 Å². The number of para-hydroxylation sites is 1. The van der Waals surface area contributed by atoms with Crippen molar-refractivity contribution >= 4 is 23.5 Å². The van der Waals surface area contributed by atoms with Crippen LogP contribution in [0.25, 0.3) is 11.5 Å². The van der Waals surface area contributed by atoms with Crippen LogP contribution >= 0.6 is 23.5 Å². The molecule has 4 rings (SSSR count). The first-order valence-corrected chi connectivity index (χ1v) is 12.7. The highest BCUT2D eigenvalue weighted by Gasteiger charge is 2.24. The minimum absolute atomic E-state index is 0.205. The Hall–Kier alpha value is -2.16. The molecule has 1 saturated heterocycles. The number of aromatic nitrogens is 2. The topological polar surface area (TPSA) is 71.6 Å². The number of benzene rings is 2. The van der Waals surface area contributed by atoms with E-state index in [0.717, 1.165) is 42.3 Å². The van der Waals surface area contributed by atoms with Gasteiger partial charge >= 0.3 is 0 Å². The van der Waals surface area contributed by atoms with Gasteiger partial charge in [0.15, 0.2) is 0 Å². The number of phenolic OH excluding ortho intramolecular Hbond substituents is 1. The van der Waals surface area contributed by atoms with Crippen molar-refractivity contribution in [2.24, 2.45) is 0 Å². The van der Waals surface area contributed by atoms with Gasteiger partial charge in [-0.15, -0.1) is 22.0 Å². The van der Waals surface area contributed by atoms with Gasteiger partial charge in [-0.3, -0.25) is 4.90 Å². The van der Waals surface area contributed by atoms with Crippen LogP contribution in [0.5, 0.6) is 11.5 Å². The van der Waals surface area contributed by atoms with Gasteiger partial charge in [-0.05, 0) is 36.1 Å². The fourth-order valence-electron chi connectivity index (χ4n) is 3.44. The van der Waals surface area contributed by atoms with Crippen LogP contribution in [0.4, 0.5) is 0 Å². The summed E-state index contributed by atoms with van der Waals surface area (Å²) in [4.78, 5) is 2.44. The van der Waals surface area contributed by atoms with Crippen molar-refractivity contribution < 1.29 is 14.3 Å². The molecule has 3 aromatic rings. The largest absolute Gasteiger partial charge is 0.508 e. The molecular weight excluding hydrogens is 430 g/mol. The van der Waals surface area contributed by atoms with Gasteiger partial charge in [-0.2, -0.15) is 11.8 Å². The smallest absolute Gasteiger partial charge is 0.247 e. The number of ether oxygens (including phenoxy) is 1. The predicted octanol–water partition coefficient (Wildman–Crippen LogP) is 4.71. The van der Waals surface area contributed by atoms with Gasteiger partial charge in [0.1, 0.15) is 23.4 Å². The van der Waals surface area contributed by atoms with Crippen molar-refractivity contribution in [1.82, 2.24) is 15.1 Å². The normalized spacial score (nSPS) is 15.6. The second kappa shape index (κ2) is 10.9. The Balaban J connectivity index is 1.40. The molecule has 31 heavy (non-hydrogen) atoms. The van der Waals surface area contributed by atoms with Crippen molar-refractivity contribution in [1.29, 1.82) is 0 Å². The third kappa shape index (κ3) is 5.75. The highest BCUT2D eigenvalue weighted by atomic mass is 32.2. The molecule has 0 aliphatic carbocycles. The average Bonchev–Trinajstić information content (AvgIpc) is 3.29. The molecule has 1 unspecified atom stereocenters. The van der Waals surface area contributed by atoms with E-state index in [4.69, 9.17) is 9.15 Å². The van der Waals surface area contributed by atoms with Gasteiger partial charge in [-0.1, -0.05) is 25.1 Å². The third-order valence-electron chi connectivity index (χ3n) is 5.10. The van der Waals surface area contributed by atoms with Crippen LogP contribution in [-0.4, -0.2) is 63.7 Å². The van der Waals surface area contributed by atoms with Crippen LogP contribution in [0.2, 0.25) is 0 Å². The summed E-state index contributed by atoms with van der Waals surface area (Å²) in [6.07, 6.45) is 0. The summed E-state index contributed by atoms with van der Waals surface area (Å²) >= 11 is 3.66. The van der Waals surface area contributed by atoms with Crippen molar-refractivity contribution in [3.05, 3.63) is 60.0 Å². The summed E-state index contributed by atoms with van der Waals surface area (Å²) in [7, 11) is 0. The van der Waals surface area contributed by atoms with E-state index in [1.54, 1.807) is 23.9 Å². The third-order valence-corrected chi connectivity index (χ3v) is 7.16. The van der Waals surface area contributed by atoms with Gasteiger partial charge in [-0.25, -0.2) is 0 Å². The Kier molecular flexibility index (Phi) is 7.77. The van der Waals surface area contributed by atoms with Gasteiger partial charge in [0.25, 0.3) is 0 Å². The molecule has 6 nitrogen and oxygen atoms in total. The average molecular weight is 458 g/mol. The van der Waals surface area contributed by atoms with Crippen LogP contribution in [0.15, 0.2) is 52.9 Å². The van der Waals surface area contributed by atoms with Crippen molar-refractivity contribution in [2.75, 3.05) is 43.5 Å². The van der Waals surface area contributed by atoms with Crippen LogP contribution in [0.1, 0.15) is 23.6 Å². The molecule has 1 aliphatic rings. The Morgan fingerprint density at radius 3 is 2.65 bits per heavy atom. The van der Waals surface area contributed by atoms with Crippen molar-refractivity contribution in [3.63, 3.8) is 0 Å². The molecule has 0 bridgehead atoms. The summed E-state index contributed by atoms with van der Waals surface area (Å²) in [5.74, 6) is 5.30. The zero-order chi connectivity index (χ0) is 21.5. The number of hydrogen-bond acceptors (Lipinski definition) is 8. The summed E-state index contributed by atoms with van der Waals surface area (Å²) in [6.45, 7) is 6.00. The molecule has 1 N–H and O–H groups in total. The molecule has 1 fully saturated rings. The molecule has 1 atom stereocenters. The monoisotopic (exact) mass is 457 g/mol. The lowest BCUT2D eigenvalue weighted by molar-refractivity contribution is 0.222. The number of phenols is 1. The van der Waals surface area contributed by atoms with E-state index < -0.39 is 0 Å². The van der Waals surface area contributed by atoms with E-state index in [1.807, 2.05) is 48.2 Å². The Morgan fingerprint density at radius 2 is 1.90 bits per heavy atom. The molecule has 0 radical (unpaired) electrons. The lowest BCUT2D eigenvalue weighted by Gasteiger charge is -2.25. The number of aromatic hydroxyl groups is 1. The lowest BCUT2D eigenvalue weighted by Crippen LogP contribution is -2.35. The van der Waals surface area contributed by atoms with Gasteiger partial charge in [0.2, 0.25) is 11.8 Å². The van der Waals surface area contributed by atoms with E-state index in [2.05, 4.69) is 22.0 Å². The van der Waals surface area contributed by atoms with Gasteiger partial charge in [0, 0.05) is 42.3 Å². The second-order valence-electron chi connectivity index (χ2n) is 7.17. The number of rotatable bonds is 9. The Morgan fingerprint density at radius 1 is 1.13 bits per heavy atom. The second-order valence-corrected chi connectivity index (χ2v) is 9.77. The maximum atomic E-state index is 10.3. The summed E-state index contributed by atoms with van der Waals surface area (Å²) < 4.78 is 11.9. The van der Waals surface area contributed by atoms with E-state index in [-0.39, 0.29) is 11.0 Å². The minimum atomic E-state index is -0.205. The lowest BCUT2D eigenvalue weighted by atomic mass is 10.1. The molecular formula is C23H27N3O3S2. The SMILES string of the molecule is CCSC(c1nnc(-c2ccc(OCCN3CCSCC3)cc2)o1)c1ccccc1O. The first kappa shape index (κ1) is 22.0. The fourth-order valence-corrected chi connectivity index (χ4v) is 5.37. The molecule has 164 valence electrons. The first-order chi connectivity index (χ1) is 15.2. The van der Waals surface area contributed by atoms with Crippen LogP contribution in [-0.2, 0) is 0 Å². The van der Waals surface area contributed by atoms with Crippen LogP contribution in [0, 0.1) is 0 Å². The van der Waals surface area contributed by atoms with E-state index in [1.165, 1.54) is 11.5 Å². The number of thioether (sulfide) groups is 2. The Bertz CT molecular complexity index is 959. The maximum Gasteiger partial charge on any atom is 0.247 e.